The first kappa shape index (κ1) is 31.7. The van der Waals surface area contributed by atoms with Crippen LogP contribution in [0, 0.1) is 0 Å². The summed E-state index contributed by atoms with van der Waals surface area (Å²) >= 11 is 0. The molecule has 0 atom stereocenters. The van der Waals surface area contributed by atoms with Crippen LogP contribution in [0.3, 0.4) is 0 Å². The van der Waals surface area contributed by atoms with Gasteiger partial charge in [-0.25, -0.2) is 0 Å². The lowest BCUT2D eigenvalue weighted by Crippen LogP contribution is -1.96. The molecule has 0 amide bonds. The van der Waals surface area contributed by atoms with Crippen LogP contribution >= 0.6 is 0 Å². The molecule has 0 aliphatic carbocycles. The highest BCUT2D eigenvalue weighted by atomic mass is 15.0. The second-order valence-electron chi connectivity index (χ2n) is 15.0. The monoisotopic (exact) mass is 725 g/mol. The quantitative estimate of drug-likeness (QED) is 0.168. The van der Waals surface area contributed by atoms with Crippen LogP contribution in [0.5, 0.6) is 0 Å². The van der Waals surface area contributed by atoms with Crippen molar-refractivity contribution in [3.8, 4) is 39.3 Å². The third-order valence-electron chi connectivity index (χ3n) is 11.8. The molecule has 0 radical (unpaired) electrons. The van der Waals surface area contributed by atoms with Crippen molar-refractivity contribution in [1.82, 2.24) is 13.7 Å². The molecule has 0 fully saturated rings. The van der Waals surface area contributed by atoms with Crippen molar-refractivity contribution in [2.24, 2.45) is 0 Å². The summed E-state index contributed by atoms with van der Waals surface area (Å²) < 4.78 is 7.29. The van der Waals surface area contributed by atoms with Crippen LogP contribution in [0.25, 0.3) is 105 Å². The van der Waals surface area contributed by atoms with Crippen molar-refractivity contribution in [3.05, 3.63) is 212 Å². The molecular weight excluding hydrogens is 691 g/mol. The number of aromatic nitrogens is 3. The van der Waals surface area contributed by atoms with Crippen LogP contribution in [0.4, 0.5) is 0 Å². The van der Waals surface area contributed by atoms with E-state index in [0.717, 1.165) is 17.1 Å². The van der Waals surface area contributed by atoms with E-state index in [4.69, 9.17) is 0 Å². The van der Waals surface area contributed by atoms with Crippen LogP contribution in [-0.2, 0) is 0 Å². The van der Waals surface area contributed by atoms with Crippen molar-refractivity contribution in [2.75, 3.05) is 0 Å². The minimum Gasteiger partial charge on any atom is -0.309 e. The van der Waals surface area contributed by atoms with Crippen molar-refractivity contribution in [1.29, 1.82) is 0 Å². The SMILES string of the molecule is c1ccc(-c2cccc(-n3c4ccccc4c4cc5c(cc43)c3ccccc3n5-c3cccc(-c4ccc5c6ccccc6n(-c6ccccc6)c5c4)c3)c2)cc1. The predicted octanol–water partition coefficient (Wildman–Crippen LogP) is 14.3. The number of para-hydroxylation sites is 4. The van der Waals surface area contributed by atoms with Crippen molar-refractivity contribution in [3.63, 3.8) is 0 Å². The van der Waals surface area contributed by atoms with Gasteiger partial charge in [0.25, 0.3) is 0 Å². The number of nitrogens with zero attached hydrogens (tertiary/aromatic N) is 3. The van der Waals surface area contributed by atoms with E-state index in [1.807, 2.05) is 0 Å². The molecular formula is C54H35N3. The van der Waals surface area contributed by atoms with Gasteiger partial charge in [0.2, 0.25) is 0 Å². The fraction of sp³-hybridized carbons (Fsp3) is 0. The van der Waals surface area contributed by atoms with E-state index in [-0.39, 0.29) is 0 Å². The van der Waals surface area contributed by atoms with Gasteiger partial charge in [0.1, 0.15) is 0 Å². The van der Waals surface area contributed by atoms with Gasteiger partial charge >= 0.3 is 0 Å². The Labute approximate surface area is 329 Å². The van der Waals surface area contributed by atoms with Gasteiger partial charge in [-0.2, -0.15) is 0 Å². The summed E-state index contributed by atoms with van der Waals surface area (Å²) in [6.45, 7) is 0. The topological polar surface area (TPSA) is 14.8 Å². The Balaban J connectivity index is 1.06. The number of fused-ring (bicyclic) bond motifs is 9. The van der Waals surface area contributed by atoms with Crippen LogP contribution in [0.2, 0.25) is 0 Å². The molecule has 12 rings (SSSR count). The standard InChI is InChI=1S/C54H35N3/c1-3-15-36(16-4-1)37-17-13-21-41(31-37)56-50-27-11-8-24-44(50)47-35-54-48(34-53(47)56)45-25-9-12-28-51(45)57(54)42-22-14-18-38(32-42)39-29-30-46-43-23-7-10-26-49(43)55(52(46)33-39)40-19-5-2-6-20-40/h1-35H. The molecule has 9 aromatic carbocycles. The van der Waals surface area contributed by atoms with E-state index >= 15 is 0 Å². The summed E-state index contributed by atoms with van der Waals surface area (Å²) in [5.41, 5.74) is 15.5. The molecule has 0 bridgehead atoms. The molecule has 0 spiro atoms. The maximum atomic E-state index is 2.45. The Kier molecular flexibility index (Phi) is 6.93. The lowest BCUT2D eigenvalue weighted by molar-refractivity contribution is 1.17. The maximum absolute atomic E-state index is 2.45. The molecule has 57 heavy (non-hydrogen) atoms. The zero-order valence-corrected chi connectivity index (χ0v) is 31.0. The lowest BCUT2D eigenvalue weighted by Gasteiger charge is -2.12. The molecule has 3 nitrogen and oxygen atoms in total. The van der Waals surface area contributed by atoms with Crippen LogP contribution in [0.1, 0.15) is 0 Å². The Bertz CT molecular complexity index is 3510. The summed E-state index contributed by atoms with van der Waals surface area (Å²) in [6.07, 6.45) is 0. The minimum absolute atomic E-state index is 1.14. The Hall–Kier alpha value is -7.62. The molecule has 12 aromatic rings. The first-order valence-corrected chi connectivity index (χ1v) is 19.6. The average Bonchev–Trinajstić information content (AvgIpc) is 3.91. The molecule has 3 heterocycles. The van der Waals surface area contributed by atoms with Gasteiger partial charge in [-0.3, -0.25) is 0 Å². The Morgan fingerprint density at radius 3 is 1.12 bits per heavy atom. The third-order valence-corrected chi connectivity index (χ3v) is 11.8. The van der Waals surface area contributed by atoms with E-state index in [2.05, 4.69) is 226 Å². The molecule has 0 N–H and O–H groups in total. The van der Waals surface area contributed by atoms with E-state index in [9.17, 15) is 0 Å². The largest absolute Gasteiger partial charge is 0.309 e. The highest BCUT2D eigenvalue weighted by Crippen LogP contribution is 2.41. The molecule has 0 saturated carbocycles. The van der Waals surface area contributed by atoms with Crippen LogP contribution in [-0.4, -0.2) is 13.7 Å². The zero-order valence-electron chi connectivity index (χ0n) is 31.0. The fourth-order valence-corrected chi connectivity index (χ4v) is 9.27. The highest BCUT2D eigenvalue weighted by Gasteiger charge is 2.19. The number of hydrogen-bond acceptors (Lipinski definition) is 0. The van der Waals surface area contributed by atoms with Gasteiger partial charge in [0.15, 0.2) is 0 Å². The second-order valence-corrected chi connectivity index (χ2v) is 15.0. The molecule has 0 unspecified atom stereocenters. The van der Waals surface area contributed by atoms with Gasteiger partial charge in [0, 0.05) is 49.4 Å². The molecule has 266 valence electrons. The highest BCUT2D eigenvalue weighted by molar-refractivity contribution is 6.19. The third kappa shape index (κ3) is 4.86. The number of hydrogen-bond donors (Lipinski definition) is 0. The molecule has 0 aliphatic rings. The first-order valence-electron chi connectivity index (χ1n) is 19.6. The normalized spacial score (nSPS) is 11.9. The molecule has 3 heteroatoms. The smallest absolute Gasteiger partial charge is 0.0548 e. The second kappa shape index (κ2) is 12.5. The van der Waals surface area contributed by atoms with Crippen LogP contribution in [0.15, 0.2) is 212 Å². The number of benzene rings is 9. The van der Waals surface area contributed by atoms with Crippen molar-refractivity contribution >= 4 is 65.4 Å². The Morgan fingerprint density at radius 1 is 0.193 bits per heavy atom. The van der Waals surface area contributed by atoms with E-state index in [0.29, 0.717) is 0 Å². The van der Waals surface area contributed by atoms with E-state index < -0.39 is 0 Å². The molecule has 0 aliphatic heterocycles. The minimum atomic E-state index is 1.14. The van der Waals surface area contributed by atoms with Gasteiger partial charge in [-0.05, 0) is 95.1 Å². The lowest BCUT2D eigenvalue weighted by atomic mass is 10.0. The zero-order chi connectivity index (χ0) is 37.5. The van der Waals surface area contributed by atoms with E-state index in [1.54, 1.807) is 0 Å². The van der Waals surface area contributed by atoms with Crippen molar-refractivity contribution in [2.45, 2.75) is 0 Å². The first-order chi connectivity index (χ1) is 28.3. The molecule has 3 aromatic heterocycles. The van der Waals surface area contributed by atoms with Gasteiger partial charge in [0.05, 0.1) is 33.1 Å². The van der Waals surface area contributed by atoms with Gasteiger partial charge in [-0.15, -0.1) is 0 Å². The van der Waals surface area contributed by atoms with E-state index in [1.165, 1.54) is 87.7 Å². The maximum Gasteiger partial charge on any atom is 0.0548 e. The summed E-state index contributed by atoms with van der Waals surface area (Å²) in [4.78, 5) is 0. The van der Waals surface area contributed by atoms with Crippen LogP contribution < -0.4 is 0 Å². The average molecular weight is 726 g/mol. The van der Waals surface area contributed by atoms with Gasteiger partial charge in [-0.1, -0.05) is 140 Å². The predicted molar refractivity (Wildman–Crippen MR) is 240 cm³/mol. The van der Waals surface area contributed by atoms with Crippen molar-refractivity contribution < 1.29 is 0 Å². The van der Waals surface area contributed by atoms with Gasteiger partial charge < -0.3 is 13.7 Å². The summed E-state index contributed by atoms with van der Waals surface area (Å²) in [5, 5.41) is 7.48. The summed E-state index contributed by atoms with van der Waals surface area (Å²) in [7, 11) is 0. The molecule has 0 saturated heterocycles. The summed E-state index contributed by atoms with van der Waals surface area (Å²) in [6, 6.07) is 77.4. The Morgan fingerprint density at radius 2 is 0.561 bits per heavy atom. The summed E-state index contributed by atoms with van der Waals surface area (Å²) in [5.74, 6) is 0. The number of rotatable bonds is 5. The fourth-order valence-electron chi connectivity index (χ4n) is 9.27.